The minimum atomic E-state index is -0.0231. The zero-order valence-electron chi connectivity index (χ0n) is 15.3. The number of hydrogen-bond acceptors (Lipinski definition) is 4. The van der Waals surface area contributed by atoms with Gasteiger partial charge in [-0.05, 0) is 30.9 Å². The number of carbonyl (C=O) groups excluding carboxylic acids is 1. The first kappa shape index (κ1) is 17.9. The monoisotopic (exact) mass is 340 g/mol. The van der Waals surface area contributed by atoms with Crippen LogP contribution in [0.3, 0.4) is 0 Å². The molecule has 2 unspecified atom stereocenters. The molecule has 2 atom stereocenters. The number of benzene rings is 1. The number of anilines is 1. The molecular weight excluding hydrogens is 312 g/mol. The molecule has 0 bridgehead atoms. The van der Waals surface area contributed by atoms with Gasteiger partial charge in [0.25, 0.3) is 0 Å². The first-order chi connectivity index (χ1) is 12.1. The summed E-state index contributed by atoms with van der Waals surface area (Å²) in [6.07, 6.45) is 1.98. The molecule has 1 amide bonds. The second-order valence-corrected chi connectivity index (χ2v) is 7.37. The summed E-state index contributed by atoms with van der Waals surface area (Å²) >= 11 is 0. The van der Waals surface area contributed by atoms with Crippen molar-refractivity contribution in [3.8, 4) is 6.07 Å². The predicted octanol–water partition coefficient (Wildman–Crippen LogP) is 2.35. The van der Waals surface area contributed by atoms with E-state index in [0.29, 0.717) is 5.92 Å². The van der Waals surface area contributed by atoms with E-state index in [1.807, 2.05) is 35.2 Å². The molecule has 0 aromatic heterocycles. The zero-order valence-corrected chi connectivity index (χ0v) is 15.3. The Hall–Kier alpha value is -1.90. The first-order valence-corrected chi connectivity index (χ1v) is 9.36. The maximum absolute atomic E-state index is 13.0. The normalized spacial score (nSPS) is 24.3. The number of nitriles is 1. The van der Waals surface area contributed by atoms with Gasteiger partial charge in [0.2, 0.25) is 5.91 Å². The van der Waals surface area contributed by atoms with Gasteiger partial charge in [-0.3, -0.25) is 14.6 Å². The number of amides is 1. The van der Waals surface area contributed by atoms with Crippen molar-refractivity contribution < 1.29 is 4.79 Å². The van der Waals surface area contributed by atoms with Crippen molar-refractivity contribution in [1.82, 2.24) is 9.80 Å². The fourth-order valence-electron chi connectivity index (χ4n) is 4.04. The Kier molecular flexibility index (Phi) is 5.72. The van der Waals surface area contributed by atoms with E-state index in [1.165, 1.54) is 0 Å². The highest BCUT2D eigenvalue weighted by atomic mass is 16.2. The number of carbonyl (C=O) groups is 1. The van der Waals surface area contributed by atoms with Gasteiger partial charge in [-0.15, -0.1) is 0 Å². The van der Waals surface area contributed by atoms with Gasteiger partial charge in [0.05, 0.1) is 12.1 Å². The molecule has 5 nitrogen and oxygen atoms in total. The van der Waals surface area contributed by atoms with Gasteiger partial charge in [0.1, 0.15) is 6.04 Å². The van der Waals surface area contributed by atoms with Crippen LogP contribution < -0.4 is 4.90 Å². The minimum Gasteiger partial charge on any atom is -0.311 e. The fourth-order valence-corrected chi connectivity index (χ4v) is 4.04. The van der Waals surface area contributed by atoms with Gasteiger partial charge in [-0.25, -0.2) is 0 Å². The predicted molar refractivity (Wildman–Crippen MR) is 99.2 cm³/mol. The molecule has 0 radical (unpaired) electrons. The second-order valence-electron chi connectivity index (χ2n) is 7.37. The highest BCUT2D eigenvalue weighted by Crippen LogP contribution is 2.25. The Morgan fingerprint density at radius 3 is 2.36 bits per heavy atom. The van der Waals surface area contributed by atoms with Crippen molar-refractivity contribution in [2.75, 3.05) is 37.6 Å². The smallest absolute Gasteiger partial charge is 0.244 e. The van der Waals surface area contributed by atoms with Gasteiger partial charge in [0.15, 0.2) is 0 Å². The SMILES string of the molecule is CC(C)C(C#N)N1CCN(C2CCCN(c3ccccc3)C2=O)CC1. The van der Waals surface area contributed by atoms with E-state index >= 15 is 0 Å². The van der Waals surface area contributed by atoms with Crippen molar-refractivity contribution in [1.29, 1.82) is 5.26 Å². The Bertz CT molecular complexity index is 616. The Labute approximate surface area is 150 Å². The van der Waals surface area contributed by atoms with Crippen LogP contribution in [0.2, 0.25) is 0 Å². The van der Waals surface area contributed by atoms with E-state index in [-0.39, 0.29) is 18.0 Å². The lowest BCUT2D eigenvalue weighted by Crippen LogP contribution is -2.59. The van der Waals surface area contributed by atoms with Gasteiger partial charge in [0, 0.05) is 38.4 Å². The van der Waals surface area contributed by atoms with Crippen molar-refractivity contribution in [3.63, 3.8) is 0 Å². The maximum Gasteiger partial charge on any atom is 0.244 e. The number of para-hydroxylation sites is 1. The summed E-state index contributed by atoms with van der Waals surface area (Å²) in [6, 6.07) is 12.4. The number of rotatable bonds is 4. The van der Waals surface area contributed by atoms with E-state index in [1.54, 1.807) is 0 Å². The quantitative estimate of drug-likeness (QED) is 0.844. The van der Waals surface area contributed by atoms with E-state index in [0.717, 1.165) is 51.3 Å². The van der Waals surface area contributed by atoms with Crippen LogP contribution in [-0.2, 0) is 4.79 Å². The number of nitrogens with zero attached hydrogens (tertiary/aromatic N) is 4. The maximum atomic E-state index is 13.0. The molecule has 2 aliphatic rings. The highest BCUT2D eigenvalue weighted by molar-refractivity contribution is 5.97. The van der Waals surface area contributed by atoms with Crippen molar-refractivity contribution in [2.45, 2.75) is 38.8 Å². The molecule has 1 aromatic carbocycles. The average Bonchev–Trinajstić information content (AvgIpc) is 2.64. The van der Waals surface area contributed by atoms with Crippen LogP contribution in [0.15, 0.2) is 30.3 Å². The van der Waals surface area contributed by atoms with Crippen LogP contribution in [-0.4, -0.2) is 60.5 Å². The van der Waals surface area contributed by atoms with E-state index in [4.69, 9.17) is 0 Å². The third-order valence-corrected chi connectivity index (χ3v) is 5.43. The number of piperidine rings is 1. The molecule has 0 spiro atoms. The molecule has 0 N–H and O–H groups in total. The molecule has 2 heterocycles. The molecule has 0 saturated carbocycles. The minimum absolute atomic E-state index is 0.0179. The van der Waals surface area contributed by atoms with Crippen LogP contribution in [0.4, 0.5) is 5.69 Å². The van der Waals surface area contributed by atoms with Crippen molar-refractivity contribution in [3.05, 3.63) is 30.3 Å². The molecule has 0 aliphatic carbocycles. The van der Waals surface area contributed by atoms with Gasteiger partial charge >= 0.3 is 0 Å². The Morgan fingerprint density at radius 2 is 1.76 bits per heavy atom. The third-order valence-electron chi connectivity index (χ3n) is 5.43. The lowest BCUT2D eigenvalue weighted by Gasteiger charge is -2.43. The van der Waals surface area contributed by atoms with Crippen LogP contribution in [0.5, 0.6) is 0 Å². The van der Waals surface area contributed by atoms with Crippen LogP contribution in [0.1, 0.15) is 26.7 Å². The average molecular weight is 340 g/mol. The molecule has 3 rings (SSSR count). The number of hydrogen-bond donors (Lipinski definition) is 0. The molecule has 1 aromatic rings. The van der Waals surface area contributed by atoms with E-state index < -0.39 is 0 Å². The second kappa shape index (κ2) is 7.99. The molecule has 134 valence electrons. The summed E-state index contributed by atoms with van der Waals surface area (Å²) in [5, 5.41) is 9.40. The standard InChI is InChI=1S/C20H28N4O/c1-16(2)19(15-21)23-13-11-22(12-14-23)18-9-6-10-24(20(18)25)17-7-4-3-5-8-17/h3-5,7-8,16,18-19H,6,9-14H2,1-2H3. The van der Waals surface area contributed by atoms with Gasteiger partial charge in [-0.1, -0.05) is 32.0 Å². The molecule has 5 heteroatoms. The van der Waals surface area contributed by atoms with Gasteiger partial charge in [-0.2, -0.15) is 5.26 Å². The van der Waals surface area contributed by atoms with Crippen LogP contribution in [0, 0.1) is 17.2 Å². The Morgan fingerprint density at radius 1 is 1.08 bits per heavy atom. The van der Waals surface area contributed by atoms with E-state index in [9.17, 15) is 10.1 Å². The zero-order chi connectivity index (χ0) is 17.8. The summed E-state index contributed by atoms with van der Waals surface area (Å²) in [4.78, 5) is 19.5. The summed E-state index contributed by atoms with van der Waals surface area (Å²) in [6.45, 7) is 8.47. The lowest BCUT2D eigenvalue weighted by molar-refractivity contribution is -0.126. The summed E-state index contributed by atoms with van der Waals surface area (Å²) in [5.41, 5.74) is 1.00. The van der Waals surface area contributed by atoms with Crippen molar-refractivity contribution in [2.24, 2.45) is 5.92 Å². The summed E-state index contributed by atoms with van der Waals surface area (Å²) in [7, 11) is 0. The summed E-state index contributed by atoms with van der Waals surface area (Å²) < 4.78 is 0. The fraction of sp³-hybridized carbons (Fsp3) is 0.600. The molecule has 25 heavy (non-hydrogen) atoms. The Balaban J connectivity index is 1.63. The molecule has 2 aliphatic heterocycles. The van der Waals surface area contributed by atoms with Crippen LogP contribution >= 0.6 is 0 Å². The molecule has 2 saturated heterocycles. The molecule has 2 fully saturated rings. The third kappa shape index (κ3) is 3.86. The number of piperazine rings is 1. The van der Waals surface area contributed by atoms with Gasteiger partial charge < -0.3 is 4.90 Å². The van der Waals surface area contributed by atoms with E-state index in [2.05, 4.69) is 29.7 Å². The largest absolute Gasteiger partial charge is 0.311 e. The first-order valence-electron chi connectivity index (χ1n) is 9.36. The summed E-state index contributed by atoms with van der Waals surface area (Å²) in [5.74, 6) is 0.563. The van der Waals surface area contributed by atoms with Crippen LogP contribution in [0.25, 0.3) is 0 Å². The molecular formula is C20H28N4O. The van der Waals surface area contributed by atoms with Crippen molar-refractivity contribution >= 4 is 11.6 Å². The highest BCUT2D eigenvalue weighted by Gasteiger charge is 2.36. The topological polar surface area (TPSA) is 50.6 Å². The lowest BCUT2D eigenvalue weighted by atomic mass is 9.99.